The highest BCUT2D eigenvalue weighted by molar-refractivity contribution is 5.29. The smallest absolute Gasteiger partial charge is 0.00562 e. The van der Waals surface area contributed by atoms with Crippen molar-refractivity contribution in [1.29, 1.82) is 0 Å². The highest BCUT2D eigenvalue weighted by atomic mass is 14.3. The van der Waals surface area contributed by atoms with Crippen LogP contribution in [0.2, 0.25) is 0 Å². The van der Waals surface area contributed by atoms with Crippen LogP contribution < -0.4 is 0 Å². The van der Waals surface area contributed by atoms with Crippen molar-refractivity contribution in [2.24, 2.45) is 5.92 Å². The fourth-order valence-corrected chi connectivity index (χ4v) is 3.13. The first-order chi connectivity index (χ1) is 9.74. The van der Waals surface area contributed by atoms with Crippen LogP contribution in [0.1, 0.15) is 43.2 Å². The van der Waals surface area contributed by atoms with Crippen LogP contribution in [0.3, 0.4) is 0 Å². The lowest BCUT2D eigenvalue weighted by atomic mass is 9.74. The Bertz CT molecular complexity index is 510. The van der Waals surface area contributed by atoms with Crippen LogP contribution in [0.4, 0.5) is 0 Å². The van der Waals surface area contributed by atoms with Crippen molar-refractivity contribution in [3.8, 4) is 0 Å². The Morgan fingerprint density at radius 2 is 1.35 bits per heavy atom. The molecule has 0 fully saturated rings. The largest absolute Gasteiger partial charge is 0.103 e. The third-order valence-corrected chi connectivity index (χ3v) is 3.98. The summed E-state index contributed by atoms with van der Waals surface area (Å²) in [6.07, 6.45) is 3.07. The first-order valence-electron chi connectivity index (χ1n) is 7.44. The quantitative estimate of drug-likeness (QED) is 0.580. The summed E-state index contributed by atoms with van der Waals surface area (Å²) in [5.41, 5.74) is 2.84. The summed E-state index contributed by atoms with van der Waals surface area (Å²) in [4.78, 5) is 0. The molecule has 2 aromatic carbocycles. The molecule has 0 saturated heterocycles. The summed E-state index contributed by atoms with van der Waals surface area (Å²) in [7, 11) is 0. The maximum atomic E-state index is 3.96. The molecule has 0 radical (unpaired) electrons. The van der Waals surface area contributed by atoms with E-state index >= 15 is 0 Å². The standard InChI is InChI=1S/C20H24/c1-4-11-19(17-12-7-5-8-13-17)20(16(2)3)18-14-9-6-10-15-18/h4-10,12-16,19-20H,1,11H2,2-3H3. The molecule has 0 heteroatoms. The van der Waals surface area contributed by atoms with Crippen molar-refractivity contribution in [3.63, 3.8) is 0 Å². The highest BCUT2D eigenvalue weighted by Gasteiger charge is 2.26. The summed E-state index contributed by atoms with van der Waals surface area (Å²) in [6.45, 7) is 8.59. The molecular formula is C20H24. The average molecular weight is 264 g/mol. The number of rotatable bonds is 6. The van der Waals surface area contributed by atoms with Crippen LogP contribution in [0.5, 0.6) is 0 Å². The molecule has 0 aliphatic heterocycles. The second-order valence-corrected chi connectivity index (χ2v) is 5.72. The first-order valence-corrected chi connectivity index (χ1v) is 7.44. The molecule has 2 aromatic rings. The van der Waals surface area contributed by atoms with E-state index in [0.717, 1.165) is 6.42 Å². The van der Waals surface area contributed by atoms with Crippen LogP contribution in [-0.2, 0) is 0 Å². The fraction of sp³-hybridized carbons (Fsp3) is 0.300. The van der Waals surface area contributed by atoms with Gasteiger partial charge in [0, 0.05) is 0 Å². The molecule has 0 N–H and O–H groups in total. The zero-order valence-electron chi connectivity index (χ0n) is 12.5. The van der Waals surface area contributed by atoms with Crippen LogP contribution >= 0.6 is 0 Å². The van der Waals surface area contributed by atoms with E-state index in [0.29, 0.717) is 17.8 Å². The minimum atomic E-state index is 0.496. The Labute approximate surface area is 123 Å². The molecule has 2 unspecified atom stereocenters. The normalized spacial score (nSPS) is 13.9. The third kappa shape index (κ3) is 3.39. The van der Waals surface area contributed by atoms with Gasteiger partial charge in [0.15, 0.2) is 0 Å². The summed E-state index contributed by atoms with van der Waals surface area (Å²) < 4.78 is 0. The summed E-state index contributed by atoms with van der Waals surface area (Å²) in [5, 5.41) is 0. The van der Waals surface area contributed by atoms with Crippen molar-refractivity contribution >= 4 is 0 Å². The molecule has 0 saturated carbocycles. The Balaban J connectivity index is 2.41. The van der Waals surface area contributed by atoms with E-state index in [1.165, 1.54) is 11.1 Å². The maximum Gasteiger partial charge on any atom is -0.00562 e. The van der Waals surface area contributed by atoms with Crippen LogP contribution in [0.15, 0.2) is 73.3 Å². The number of hydrogen-bond acceptors (Lipinski definition) is 0. The minimum absolute atomic E-state index is 0.496. The van der Waals surface area contributed by atoms with Crippen LogP contribution in [0, 0.1) is 5.92 Å². The van der Waals surface area contributed by atoms with Gasteiger partial charge in [0.05, 0.1) is 0 Å². The van der Waals surface area contributed by atoms with E-state index in [1.807, 2.05) is 0 Å². The summed E-state index contributed by atoms with van der Waals surface area (Å²) in [6, 6.07) is 21.7. The van der Waals surface area contributed by atoms with E-state index < -0.39 is 0 Å². The number of hydrogen-bond donors (Lipinski definition) is 0. The third-order valence-electron chi connectivity index (χ3n) is 3.98. The Hall–Kier alpha value is -1.82. The second-order valence-electron chi connectivity index (χ2n) is 5.72. The minimum Gasteiger partial charge on any atom is -0.103 e. The average Bonchev–Trinajstić information content (AvgIpc) is 2.48. The predicted molar refractivity (Wildman–Crippen MR) is 88.0 cm³/mol. The molecule has 2 rings (SSSR count). The molecule has 104 valence electrons. The Kier molecular flexibility index (Phi) is 5.17. The Morgan fingerprint density at radius 3 is 1.80 bits per heavy atom. The number of benzene rings is 2. The van der Waals surface area contributed by atoms with Gasteiger partial charge in [-0.05, 0) is 35.3 Å². The van der Waals surface area contributed by atoms with Gasteiger partial charge in [0.1, 0.15) is 0 Å². The van der Waals surface area contributed by atoms with Crippen molar-refractivity contribution in [1.82, 2.24) is 0 Å². The zero-order valence-corrected chi connectivity index (χ0v) is 12.5. The van der Waals surface area contributed by atoms with Crippen LogP contribution in [0.25, 0.3) is 0 Å². The van der Waals surface area contributed by atoms with E-state index in [1.54, 1.807) is 0 Å². The molecule has 0 amide bonds. The van der Waals surface area contributed by atoms with Gasteiger partial charge in [-0.1, -0.05) is 80.6 Å². The number of allylic oxidation sites excluding steroid dienone is 1. The van der Waals surface area contributed by atoms with Gasteiger partial charge in [0.25, 0.3) is 0 Å². The molecule has 0 aromatic heterocycles. The van der Waals surface area contributed by atoms with E-state index in [9.17, 15) is 0 Å². The predicted octanol–water partition coefficient (Wildman–Crippen LogP) is 5.79. The van der Waals surface area contributed by atoms with Crippen LogP contribution in [-0.4, -0.2) is 0 Å². The molecular weight excluding hydrogens is 240 g/mol. The molecule has 0 aliphatic carbocycles. The fourth-order valence-electron chi connectivity index (χ4n) is 3.13. The molecule has 20 heavy (non-hydrogen) atoms. The van der Waals surface area contributed by atoms with Crippen molar-refractivity contribution < 1.29 is 0 Å². The SMILES string of the molecule is C=CCC(c1ccccc1)C(c1ccccc1)C(C)C. The van der Waals surface area contributed by atoms with Gasteiger partial charge >= 0.3 is 0 Å². The maximum absolute atomic E-state index is 3.96. The first kappa shape index (κ1) is 14.6. The van der Waals surface area contributed by atoms with Gasteiger partial charge in [0.2, 0.25) is 0 Å². The van der Waals surface area contributed by atoms with Crippen molar-refractivity contribution in [2.45, 2.75) is 32.1 Å². The van der Waals surface area contributed by atoms with Crippen molar-refractivity contribution in [3.05, 3.63) is 84.4 Å². The topological polar surface area (TPSA) is 0 Å². The lowest BCUT2D eigenvalue weighted by molar-refractivity contribution is 0.419. The van der Waals surface area contributed by atoms with E-state index in [4.69, 9.17) is 0 Å². The Morgan fingerprint density at radius 1 is 0.850 bits per heavy atom. The molecule has 0 nitrogen and oxygen atoms in total. The highest BCUT2D eigenvalue weighted by Crippen LogP contribution is 2.40. The molecule has 2 atom stereocenters. The van der Waals surface area contributed by atoms with Gasteiger partial charge in [-0.2, -0.15) is 0 Å². The lowest BCUT2D eigenvalue weighted by Crippen LogP contribution is -2.16. The van der Waals surface area contributed by atoms with E-state index in [-0.39, 0.29) is 0 Å². The van der Waals surface area contributed by atoms with Gasteiger partial charge in [-0.15, -0.1) is 6.58 Å². The monoisotopic (exact) mass is 264 g/mol. The molecule has 0 heterocycles. The van der Waals surface area contributed by atoms with E-state index in [2.05, 4.69) is 87.2 Å². The van der Waals surface area contributed by atoms with Gasteiger partial charge in [-0.3, -0.25) is 0 Å². The summed E-state index contributed by atoms with van der Waals surface area (Å²) in [5.74, 6) is 1.62. The molecule has 0 spiro atoms. The van der Waals surface area contributed by atoms with Gasteiger partial charge < -0.3 is 0 Å². The lowest BCUT2D eigenvalue weighted by Gasteiger charge is -2.30. The van der Waals surface area contributed by atoms with Crippen molar-refractivity contribution in [2.75, 3.05) is 0 Å². The summed E-state index contributed by atoms with van der Waals surface area (Å²) >= 11 is 0. The second kappa shape index (κ2) is 7.09. The zero-order chi connectivity index (χ0) is 14.4. The molecule has 0 bridgehead atoms. The molecule has 0 aliphatic rings. The van der Waals surface area contributed by atoms with Gasteiger partial charge in [-0.25, -0.2) is 0 Å².